The zero-order valence-electron chi connectivity index (χ0n) is 9.64. The van der Waals surface area contributed by atoms with Crippen molar-refractivity contribution >= 4 is 11.6 Å². The number of carbonyl (C=O) groups is 1. The maximum absolute atomic E-state index is 12.2. The van der Waals surface area contributed by atoms with Crippen LogP contribution in [-0.4, -0.2) is 41.2 Å². The Balaban J connectivity index is 2.21. The van der Waals surface area contributed by atoms with E-state index in [1.165, 1.54) is 0 Å². The lowest BCUT2D eigenvalue weighted by Gasteiger charge is -2.33. The number of nitrogens with zero attached hydrogens (tertiary/aromatic N) is 2. The number of nitrogen functional groups attached to an aromatic ring is 1. The molecular weight excluding hydrogens is 206 g/mol. The molecule has 16 heavy (non-hydrogen) atoms. The van der Waals surface area contributed by atoms with E-state index in [4.69, 9.17) is 10.5 Å². The summed E-state index contributed by atoms with van der Waals surface area (Å²) in [5.41, 5.74) is 6.91. The van der Waals surface area contributed by atoms with E-state index >= 15 is 0 Å². The fourth-order valence-corrected chi connectivity index (χ4v) is 1.98. The van der Waals surface area contributed by atoms with Gasteiger partial charge in [0, 0.05) is 19.8 Å². The van der Waals surface area contributed by atoms with Gasteiger partial charge < -0.3 is 19.9 Å². The highest BCUT2D eigenvalue weighted by molar-refractivity contribution is 5.94. The van der Waals surface area contributed by atoms with Gasteiger partial charge in [0.05, 0.1) is 24.9 Å². The van der Waals surface area contributed by atoms with Crippen LogP contribution >= 0.6 is 0 Å². The third kappa shape index (κ3) is 1.90. The van der Waals surface area contributed by atoms with Crippen molar-refractivity contribution in [1.29, 1.82) is 0 Å². The molecule has 0 aromatic carbocycles. The van der Waals surface area contributed by atoms with Crippen LogP contribution in [0.2, 0.25) is 0 Å². The van der Waals surface area contributed by atoms with Gasteiger partial charge in [0.2, 0.25) is 0 Å². The van der Waals surface area contributed by atoms with Crippen molar-refractivity contribution in [2.75, 3.05) is 25.5 Å². The minimum Gasteiger partial charge on any atom is -0.397 e. The standard InChI is InChI=1S/C11H17N3O2/c1-8-7-16-4-3-14(8)11(15)10-5-9(12)6-13(10)2/h5-6,8H,3-4,7,12H2,1-2H3. The Labute approximate surface area is 94.8 Å². The van der Waals surface area contributed by atoms with Gasteiger partial charge in [-0.05, 0) is 13.0 Å². The van der Waals surface area contributed by atoms with E-state index in [2.05, 4.69) is 0 Å². The molecule has 1 unspecified atom stereocenters. The summed E-state index contributed by atoms with van der Waals surface area (Å²) < 4.78 is 7.07. The van der Waals surface area contributed by atoms with Crippen LogP contribution in [0.4, 0.5) is 5.69 Å². The number of nitrogens with two attached hydrogens (primary N) is 1. The van der Waals surface area contributed by atoms with Crippen LogP contribution in [0, 0.1) is 0 Å². The Kier molecular flexibility index (Phi) is 2.87. The first-order valence-electron chi connectivity index (χ1n) is 5.40. The van der Waals surface area contributed by atoms with E-state index in [0.29, 0.717) is 31.1 Å². The molecule has 1 aliphatic heterocycles. The monoisotopic (exact) mass is 223 g/mol. The number of rotatable bonds is 1. The van der Waals surface area contributed by atoms with Gasteiger partial charge in [-0.2, -0.15) is 0 Å². The fraction of sp³-hybridized carbons (Fsp3) is 0.545. The molecule has 1 aliphatic rings. The Morgan fingerprint density at radius 2 is 2.38 bits per heavy atom. The van der Waals surface area contributed by atoms with Gasteiger partial charge in [-0.1, -0.05) is 0 Å². The van der Waals surface area contributed by atoms with E-state index in [0.717, 1.165) is 0 Å². The van der Waals surface area contributed by atoms with Crippen molar-refractivity contribution in [2.45, 2.75) is 13.0 Å². The van der Waals surface area contributed by atoms with Gasteiger partial charge in [0.25, 0.3) is 5.91 Å². The topological polar surface area (TPSA) is 60.5 Å². The SMILES string of the molecule is CC1COCCN1C(=O)c1cc(N)cn1C. The smallest absolute Gasteiger partial charge is 0.270 e. The number of amides is 1. The van der Waals surface area contributed by atoms with Crippen LogP contribution in [0.5, 0.6) is 0 Å². The molecule has 2 N–H and O–H groups in total. The predicted octanol–water partition coefficient (Wildman–Crippen LogP) is 0.468. The molecule has 5 heteroatoms. The number of hydrogen-bond acceptors (Lipinski definition) is 3. The van der Waals surface area contributed by atoms with Crippen molar-refractivity contribution in [1.82, 2.24) is 9.47 Å². The van der Waals surface area contributed by atoms with E-state index in [-0.39, 0.29) is 11.9 Å². The summed E-state index contributed by atoms with van der Waals surface area (Å²) >= 11 is 0. The largest absolute Gasteiger partial charge is 0.397 e. The van der Waals surface area contributed by atoms with Crippen molar-refractivity contribution in [2.24, 2.45) is 7.05 Å². The van der Waals surface area contributed by atoms with Gasteiger partial charge in [0.15, 0.2) is 0 Å². The van der Waals surface area contributed by atoms with Crippen molar-refractivity contribution < 1.29 is 9.53 Å². The van der Waals surface area contributed by atoms with E-state index in [9.17, 15) is 4.79 Å². The molecule has 1 aromatic rings. The Bertz CT molecular complexity index is 400. The summed E-state index contributed by atoms with van der Waals surface area (Å²) in [5, 5.41) is 0. The molecule has 2 heterocycles. The lowest BCUT2D eigenvalue weighted by atomic mass is 10.2. The number of anilines is 1. The van der Waals surface area contributed by atoms with Gasteiger partial charge >= 0.3 is 0 Å². The third-order valence-electron chi connectivity index (χ3n) is 2.87. The van der Waals surface area contributed by atoms with Crippen molar-refractivity contribution in [3.05, 3.63) is 18.0 Å². The number of aromatic nitrogens is 1. The Morgan fingerprint density at radius 3 is 2.94 bits per heavy atom. The van der Waals surface area contributed by atoms with Gasteiger partial charge in [-0.3, -0.25) is 4.79 Å². The summed E-state index contributed by atoms with van der Waals surface area (Å²) in [7, 11) is 1.83. The molecule has 88 valence electrons. The minimum absolute atomic E-state index is 0.0231. The summed E-state index contributed by atoms with van der Waals surface area (Å²) in [5.74, 6) is 0.0231. The van der Waals surface area contributed by atoms with Crippen LogP contribution in [-0.2, 0) is 11.8 Å². The molecule has 0 bridgehead atoms. The second-order valence-electron chi connectivity index (χ2n) is 4.19. The first-order valence-corrected chi connectivity index (χ1v) is 5.40. The van der Waals surface area contributed by atoms with Gasteiger partial charge in [-0.25, -0.2) is 0 Å². The van der Waals surface area contributed by atoms with Crippen LogP contribution in [0.25, 0.3) is 0 Å². The normalized spacial score (nSPS) is 21.1. The highest BCUT2D eigenvalue weighted by atomic mass is 16.5. The first-order chi connectivity index (χ1) is 7.59. The number of carbonyl (C=O) groups excluding carboxylic acids is 1. The number of aryl methyl sites for hydroxylation is 1. The van der Waals surface area contributed by atoms with E-state index in [1.807, 2.05) is 18.9 Å². The zero-order chi connectivity index (χ0) is 11.7. The second kappa shape index (κ2) is 4.17. The fourth-order valence-electron chi connectivity index (χ4n) is 1.98. The maximum atomic E-state index is 12.2. The summed E-state index contributed by atoms with van der Waals surface area (Å²) in [4.78, 5) is 14.1. The molecule has 1 atom stereocenters. The number of morpholine rings is 1. The molecule has 0 aliphatic carbocycles. The maximum Gasteiger partial charge on any atom is 0.270 e. The molecular formula is C11H17N3O2. The number of hydrogen-bond donors (Lipinski definition) is 1. The van der Waals surface area contributed by atoms with E-state index < -0.39 is 0 Å². The van der Waals surface area contributed by atoms with Crippen molar-refractivity contribution in [3.8, 4) is 0 Å². The minimum atomic E-state index is 0.0231. The Morgan fingerprint density at radius 1 is 1.62 bits per heavy atom. The lowest BCUT2D eigenvalue weighted by Crippen LogP contribution is -2.47. The quantitative estimate of drug-likeness (QED) is 0.752. The summed E-state index contributed by atoms with van der Waals surface area (Å²) in [6.45, 7) is 3.84. The first kappa shape index (κ1) is 11.0. The molecule has 1 saturated heterocycles. The van der Waals surface area contributed by atoms with Crippen LogP contribution in [0.3, 0.4) is 0 Å². The zero-order valence-corrected chi connectivity index (χ0v) is 9.64. The molecule has 0 spiro atoms. The molecule has 0 radical (unpaired) electrons. The molecule has 1 aromatic heterocycles. The molecule has 5 nitrogen and oxygen atoms in total. The summed E-state index contributed by atoms with van der Waals surface area (Å²) in [6.07, 6.45) is 1.75. The van der Waals surface area contributed by atoms with Crippen LogP contribution in [0.1, 0.15) is 17.4 Å². The average Bonchev–Trinajstić information content (AvgIpc) is 2.58. The third-order valence-corrected chi connectivity index (χ3v) is 2.87. The number of ether oxygens (including phenoxy) is 1. The Hall–Kier alpha value is -1.49. The van der Waals surface area contributed by atoms with Crippen LogP contribution in [0.15, 0.2) is 12.3 Å². The second-order valence-corrected chi connectivity index (χ2v) is 4.19. The van der Waals surface area contributed by atoms with Gasteiger partial charge in [-0.15, -0.1) is 0 Å². The average molecular weight is 223 g/mol. The van der Waals surface area contributed by atoms with Crippen LogP contribution < -0.4 is 5.73 Å². The lowest BCUT2D eigenvalue weighted by molar-refractivity contribution is 0.00308. The molecule has 0 saturated carbocycles. The predicted molar refractivity (Wildman–Crippen MR) is 61.1 cm³/mol. The molecule has 1 amide bonds. The molecule has 2 rings (SSSR count). The highest BCUT2D eigenvalue weighted by Crippen LogP contribution is 2.15. The summed E-state index contributed by atoms with van der Waals surface area (Å²) in [6, 6.07) is 1.84. The highest BCUT2D eigenvalue weighted by Gasteiger charge is 2.26. The van der Waals surface area contributed by atoms with Crippen molar-refractivity contribution in [3.63, 3.8) is 0 Å². The van der Waals surface area contributed by atoms with Gasteiger partial charge in [0.1, 0.15) is 5.69 Å². The molecule has 1 fully saturated rings. The van der Waals surface area contributed by atoms with E-state index in [1.54, 1.807) is 16.8 Å².